The summed E-state index contributed by atoms with van der Waals surface area (Å²) in [6, 6.07) is 36.5. The number of ether oxygens (including phenoxy) is 2. The van der Waals surface area contributed by atoms with Crippen molar-refractivity contribution >= 4 is 32.0 Å². The van der Waals surface area contributed by atoms with Crippen molar-refractivity contribution in [2.24, 2.45) is 0 Å². The molecule has 6 rings (SSSR count). The molecule has 0 radical (unpaired) electrons. The van der Waals surface area contributed by atoms with Crippen LogP contribution < -0.4 is 9.47 Å². The van der Waals surface area contributed by atoms with Gasteiger partial charge in [0.15, 0.2) is 12.6 Å². The summed E-state index contributed by atoms with van der Waals surface area (Å²) in [5, 5.41) is 19.6. The van der Waals surface area contributed by atoms with Crippen LogP contribution in [0.5, 0.6) is 11.5 Å². The summed E-state index contributed by atoms with van der Waals surface area (Å²) >= 11 is 1.22. The molecule has 6 aromatic rings. The normalized spacial score (nSPS) is 12.9. The minimum atomic E-state index is -4.75. The first-order valence-electron chi connectivity index (χ1n) is 16.2. The largest absolute Gasteiger partial charge is 0.465 e. The third kappa shape index (κ3) is 8.64. The topological polar surface area (TPSA) is 168 Å². The fourth-order valence-electron chi connectivity index (χ4n) is 6.00. The highest BCUT2D eigenvalue weighted by atomic mass is 32.2. The summed E-state index contributed by atoms with van der Waals surface area (Å²) in [6.07, 6.45) is -2.16. The highest BCUT2D eigenvalue weighted by molar-refractivity contribution is 7.99. The molecule has 0 saturated heterocycles. The molecule has 2 unspecified atom stereocenters. The molecule has 53 heavy (non-hydrogen) atoms. The zero-order valence-corrected chi connectivity index (χ0v) is 30.8. The molecule has 0 aromatic heterocycles. The van der Waals surface area contributed by atoms with E-state index in [4.69, 9.17) is 9.47 Å². The monoisotopic (exact) mass is 770 g/mol. The van der Waals surface area contributed by atoms with Crippen molar-refractivity contribution in [2.75, 3.05) is 0 Å². The van der Waals surface area contributed by atoms with E-state index in [1.165, 1.54) is 37.7 Å². The summed E-state index contributed by atoms with van der Waals surface area (Å²) in [5.74, 6) is 0.729. The van der Waals surface area contributed by atoms with E-state index in [9.17, 15) is 36.2 Å². The Hall–Kier alpha value is -4.99. The van der Waals surface area contributed by atoms with E-state index in [2.05, 4.69) is 0 Å². The lowest BCUT2D eigenvalue weighted by Crippen LogP contribution is -2.09. The first-order valence-corrected chi connectivity index (χ1v) is 19.9. The Labute approximate surface area is 311 Å². The van der Waals surface area contributed by atoms with Gasteiger partial charge in [-0.15, -0.1) is 0 Å². The molecular weight excluding hydrogens is 737 g/mol. The summed E-state index contributed by atoms with van der Waals surface area (Å²) in [4.78, 5) is 0.421. The van der Waals surface area contributed by atoms with Crippen LogP contribution in [0.2, 0.25) is 0 Å². The molecule has 272 valence electrons. The number of aliphatic hydroxyl groups is 2. The van der Waals surface area contributed by atoms with Crippen molar-refractivity contribution in [2.45, 2.75) is 46.0 Å². The van der Waals surface area contributed by atoms with Gasteiger partial charge in [-0.05, 0) is 84.6 Å². The Kier molecular flexibility index (Phi) is 11.1. The molecule has 13 heteroatoms. The van der Waals surface area contributed by atoms with E-state index in [-0.39, 0.29) is 20.9 Å². The van der Waals surface area contributed by atoms with Crippen LogP contribution >= 0.6 is 11.8 Å². The van der Waals surface area contributed by atoms with Crippen LogP contribution in [0.3, 0.4) is 0 Å². The van der Waals surface area contributed by atoms with Crippen molar-refractivity contribution < 1.29 is 45.6 Å². The predicted molar refractivity (Wildman–Crippen MR) is 203 cm³/mol. The van der Waals surface area contributed by atoms with E-state index >= 15 is 0 Å². The van der Waals surface area contributed by atoms with Gasteiger partial charge in [0.1, 0.15) is 21.3 Å². The maximum Gasteiger partial charge on any atom is 0.295 e. The summed E-state index contributed by atoms with van der Waals surface area (Å²) in [7, 11) is -9.49. The lowest BCUT2D eigenvalue weighted by atomic mass is 9.94. The van der Waals surface area contributed by atoms with Crippen LogP contribution in [0.4, 0.5) is 0 Å². The molecule has 10 nitrogen and oxygen atoms in total. The molecule has 0 amide bonds. The molecular formula is C40H34O10S3. The fraction of sp³-hybridized carbons (Fsp3) is 0.100. The summed E-state index contributed by atoms with van der Waals surface area (Å²) in [5.41, 5.74) is 3.42. The molecule has 6 aromatic carbocycles. The summed E-state index contributed by atoms with van der Waals surface area (Å²) in [6.45, 7) is 2.93. The molecule has 0 aliphatic heterocycles. The van der Waals surface area contributed by atoms with Crippen molar-refractivity contribution in [3.05, 3.63) is 133 Å². The van der Waals surface area contributed by atoms with Crippen LogP contribution in [-0.4, -0.2) is 48.7 Å². The molecule has 0 saturated carbocycles. The lowest BCUT2D eigenvalue weighted by molar-refractivity contribution is -0.000870. The minimum Gasteiger partial charge on any atom is -0.465 e. The second-order valence-corrected chi connectivity index (χ2v) is 15.8. The molecule has 0 aliphatic rings. The lowest BCUT2D eigenvalue weighted by Gasteiger charge is -2.22. The molecule has 0 aliphatic carbocycles. The van der Waals surface area contributed by atoms with Gasteiger partial charge < -0.3 is 19.7 Å². The van der Waals surface area contributed by atoms with Gasteiger partial charge in [0.2, 0.25) is 0 Å². The highest BCUT2D eigenvalue weighted by Gasteiger charge is 2.27. The predicted octanol–water partition coefficient (Wildman–Crippen LogP) is 8.43. The highest BCUT2D eigenvalue weighted by Crippen LogP contribution is 2.50. The zero-order chi connectivity index (χ0) is 37.9. The van der Waals surface area contributed by atoms with Gasteiger partial charge in [-0.25, -0.2) is 0 Å². The van der Waals surface area contributed by atoms with Gasteiger partial charge in [0, 0.05) is 32.0 Å². The van der Waals surface area contributed by atoms with Crippen LogP contribution in [0.1, 0.15) is 13.8 Å². The van der Waals surface area contributed by atoms with Gasteiger partial charge in [0.05, 0.1) is 0 Å². The van der Waals surface area contributed by atoms with Gasteiger partial charge >= 0.3 is 0 Å². The Morgan fingerprint density at radius 1 is 0.453 bits per heavy atom. The van der Waals surface area contributed by atoms with Gasteiger partial charge in [-0.3, -0.25) is 9.11 Å². The Bertz CT molecular complexity index is 2280. The van der Waals surface area contributed by atoms with Gasteiger partial charge in [-0.2, -0.15) is 16.8 Å². The van der Waals surface area contributed by atoms with Crippen LogP contribution in [0.25, 0.3) is 44.5 Å². The quantitative estimate of drug-likeness (QED) is 0.0697. The first-order chi connectivity index (χ1) is 25.2. The van der Waals surface area contributed by atoms with E-state index in [1.807, 2.05) is 0 Å². The van der Waals surface area contributed by atoms with Crippen molar-refractivity contribution in [1.82, 2.24) is 0 Å². The molecule has 0 spiro atoms. The van der Waals surface area contributed by atoms with Gasteiger partial charge in [0.25, 0.3) is 20.2 Å². The van der Waals surface area contributed by atoms with E-state index < -0.39 is 32.8 Å². The van der Waals surface area contributed by atoms with E-state index in [1.54, 1.807) is 121 Å². The fourth-order valence-corrected chi connectivity index (χ4v) is 8.59. The van der Waals surface area contributed by atoms with E-state index in [0.29, 0.717) is 54.7 Å². The molecule has 2 atom stereocenters. The average molecular weight is 771 g/mol. The van der Waals surface area contributed by atoms with Crippen LogP contribution in [-0.2, 0) is 20.2 Å². The molecule has 0 bridgehead atoms. The smallest absolute Gasteiger partial charge is 0.295 e. The van der Waals surface area contributed by atoms with Crippen molar-refractivity contribution in [3.63, 3.8) is 0 Å². The van der Waals surface area contributed by atoms with Crippen LogP contribution in [0, 0.1) is 0 Å². The maximum atomic E-state index is 12.9. The third-order valence-electron chi connectivity index (χ3n) is 8.06. The van der Waals surface area contributed by atoms with Gasteiger partial charge in [-0.1, -0.05) is 96.7 Å². The maximum absolute atomic E-state index is 12.9. The number of hydrogen-bond donors (Lipinski definition) is 4. The van der Waals surface area contributed by atoms with Crippen molar-refractivity contribution in [3.8, 4) is 56.0 Å². The standard InChI is InChI=1S/C40H34O10S3/c1-25(41)49-31-17-13-29(14-18-31)37-33(21-23-35(52(43,44)45)39(37)27-9-5-3-6-10-27)51-34-22-24-36(53(46,47)48)40(28-11-7-4-8-12-28)38(34)30-15-19-32(20-16-30)50-26(2)42/h3-26,41-42H,1-2H3,(H,43,44,45)(H,46,47,48). The number of hydrogen-bond acceptors (Lipinski definition) is 9. The third-order valence-corrected chi connectivity index (χ3v) is 11.0. The number of benzene rings is 6. The molecule has 0 heterocycles. The average Bonchev–Trinajstić information content (AvgIpc) is 3.11. The SMILES string of the molecule is CC(O)Oc1ccc(-c2c(Sc3ccc(S(=O)(=O)O)c(-c4ccccc4)c3-c3ccc(OC(C)O)cc3)ccc(S(=O)(=O)O)c2-c2ccccc2)cc1. The van der Waals surface area contributed by atoms with Crippen LogP contribution in [0.15, 0.2) is 153 Å². The number of aliphatic hydroxyl groups excluding tert-OH is 2. The number of rotatable bonds is 12. The zero-order valence-electron chi connectivity index (χ0n) is 28.3. The Morgan fingerprint density at radius 2 is 0.774 bits per heavy atom. The summed E-state index contributed by atoms with van der Waals surface area (Å²) < 4.78 is 83.5. The molecule has 0 fully saturated rings. The minimum absolute atomic E-state index is 0.223. The molecule has 4 N–H and O–H groups in total. The van der Waals surface area contributed by atoms with Crippen molar-refractivity contribution in [1.29, 1.82) is 0 Å². The first kappa shape index (κ1) is 37.8. The Morgan fingerprint density at radius 3 is 1.08 bits per heavy atom. The second kappa shape index (κ2) is 15.5. The second-order valence-electron chi connectivity index (χ2n) is 11.9. The Balaban J connectivity index is 1.67. The van der Waals surface area contributed by atoms with E-state index in [0.717, 1.165) is 0 Å².